The molecule has 0 bridgehead atoms. The van der Waals surface area contributed by atoms with Gasteiger partial charge in [-0.25, -0.2) is 0 Å². The average molecular weight is 305 g/mol. The summed E-state index contributed by atoms with van der Waals surface area (Å²) in [7, 11) is 0. The Morgan fingerprint density at radius 1 is 1.33 bits per heavy atom. The minimum absolute atomic E-state index is 0.00305. The van der Waals surface area contributed by atoms with Crippen LogP contribution in [0.1, 0.15) is 25.8 Å². The maximum atomic E-state index is 12.4. The number of hydrogen-bond acceptors (Lipinski definition) is 3. The molecule has 0 heterocycles. The lowest BCUT2D eigenvalue weighted by Gasteiger charge is -2.26. The fourth-order valence-corrected chi connectivity index (χ4v) is 1.84. The van der Waals surface area contributed by atoms with Gasteiger partial charge < -0.3 is 9.84 Å². The van der Waals surface area contributed by atoms with E-state index in [0.29, 0.717) is 5.56 Å². The summed E-state index contributed by atoms with van der Waals surface area (Å²) < 4.78 is 41.1. The van der Waals surface area contributed by atoms with Gasteiger partial charge in [-0.05, 0) is 19.9 Å². The van der Waals surface area contributed by atoms with E-state index in [1.54, 1.807) is 11.0 Å². The monoisotopic (exact) mass is 305 g/mol. The van der Waals surface area contributed by atoms with Crippen LogP contribution in [0.4, 0.5) is 13.2 Å². The first kappa shape index (κ1) is 17.3. The Kier molecular flexibility index (Phi) is 6.02. The van der Waals surface area contributed by atoms with Crippen molar-refractivity contribution in [2.75, 3.05) is 6.54 Å². The SMILES string of the molecule is CC(C)N(CCC(=O)O)Cc1ccccc1OC(F)(F)F. The minimum Gasteiger partial charge on any atom is -0.481 e. The van der Waals surface area contributed by atoms with Crippen molar-refractivity contribution in [1.82, 2.24) is 4.90 Å². The van der Waals surface area contributed by atoms with E-state index in [2.05, 4.69) is 4.74 Å². The Hall–Kier alpha value is -1.76. The number of aliphatic carboxylic acids is 1. The van der Waals surface area contributed by atoms with Crippen LogP contribution in [0.3, 0.4) is 0 Å². The first-order valence-electron chi connectivity index (χ1n) is 6.48. The lowest BCUT2D eigenvalue weighted by molar-refractivity contribution is -0.275. The van der Waals surface area contributed by atoms with Crippen molar-refractivity contribution in [2.24, 2.45) is 0 Å². The molecule has 4 nitrogen and oxygen atoms in total. The summed E-state index contributed by atoms with van der Waals surface area (Å²) in [6.45, 7) is 4.16. The van der Waals surface area contributed by atoms with Crippen molar-refractivity contribution >= 4 is 5.97 Å². The molecule has 7 heteroatoms. The van der Waals surface area contributed by atoms with Crippen molar-refractivity contribution in [3.63, 3.8) is 0 Å². The molecule has 1 aromatic carbocycles. The summed E-state index contributed by atoms with van der Waals surface area (Å²) in [6, 6.07) is 5.87. The lowest BCUT2D eigenvalue weighted by Crippen LogP contribution is -2.32. The number of carboxylic acid groups (broad SMARTS) is 1. The highest BCUT2D eigenvalue weighted by atomic mass is 19.4. The third-order valence-corrected chi connectivity index (χ3v) is 2.91. The molecule has 0 amide bonds. The number of para-hydroxylation sites is 1. The van der Waals surface area contributed by atoms with Gasteiger partial charge in [0.25, 0.3) is 0 Å². The summed E-state index contributed by atoms with van der Waals surface area (Å²) in [5.74, 6) is -1.20. The molecule has 118 valence electrons. The van der Waals surface area contributed by atoms with E-state index in [4.69, 9.17) is 5.11 Å². The molecule has 0 saturated carbocycles. The highest BCUT2D eigenvalue weighted by Crippen LogP contribution is 2.27. The number of benzene rings is 1. The predicted molar refractivity (Wildman–Crippen MR) is 70.9 cm³/mol. The smallest absolute Gasteiger partial charge is 0.481 e. The van der Waals surface area contributed by atoms with Gasteiger partial charge in [0.1, 0.15) is 5.75 Å². The maximum Gasteiger partial charge on any atom is 0.573 e. The normalized spacial score (nSPS) is 12.0. The van der Waals surface area contributed by atoms with Crippen LogP contribution in [-0.4, -0.2) is 34.9 Å². The molecule has 0 aliphatic rings. The Labute approximate surface area is 121 Å². The molecule has 0 saturated heterocycles. The Morgan fingerprint density at radius 2 is 1.95 bits per heavy atom. The Bertz CT molecular complexity index is 475. The van der Waals surface area contributed by atoms with Crippen molar-refractivity contribution in [1.29, 1.82) is 0 Å². The van der Waals surface area contributed by atoms with Crippen LogP contribution in [0.25, 0.3) is 0 Å². The number of halogens is 3. The number of carboxylic acids is 1. The van der Waals surface area contributed by atoms with Crippen LogP contribution in [0.5, 0.6) is 5.75 Å². The van der Waals surface area contributed by atoms with Gasteiger partial charge in [-0.15, -0.1) is 13.2 Å². The molecule has 0 aliphatic heterocycles. The topological polar surface area (TPSA) is 49.8 Å². The van der Waals surface area contributed by atoms with E-state index in [-0.39, 0.29) is 31.3 Å². The number of carbonyl (C=O) groups is 1. The molecular weight excluding hydrogens is 287 g/mol. The summed E-state index contributed by atoms with van der Waals surface area (Å²) in [6.07, 6.45) is -4.82. The van der Waals surface area contributed by atoms with E-state index in [0.717, 1.165) is 0 Å². The number of nitrogens with zero attached hydrogens (tertiary/aromatic N) is 1. The molecule has 0 atom stereocenters. The second kappa shape index (κ2) is 7.31. The third kappa shape index (κ3) is 6.48. The van der Waals surface area contributed by atoms with Crippen molar-refractivity contribution in [3.8, 4) is 5.75 Å². The fourth-order valence-electron chi connectivity index (χ4n) is 1.84. The fraction of sp³-hybridized carbons (Fsp3) is 0.500. The van der Waals surface area contributed by atoms with Gasteiger partial charge in [0.05, 0.1) is 6.42 Å². The van der Waals surface area contributed by atoms with Crippen LogP contribution in [0.15, 0.2) is 24.3 Å². The van der Waals surface area contributed by atoms with E-state index in [1.807, 2.05) is 13.8 Å². The molecule has 21 heavy (non-hydrogen) atoms. The molecule has 0 aromatic heterocycles. The van der Waals surface area contributed by atoms with Gasteiger partial charge in [-0.2, -0.15) is 0 Å². The van der Waals surface area contributed by atoms with Crippen molar-refractivity contribution in [3.05, 3.63) is 29.8 Å². The van der Waals surface area contributed by atoms with Crippen LogP contribution in [-0.2, 0) is 11.3 Å². The maximum absolute atomic E-state index is 12.4. The van der Waals surface area contributed by atoms with E-state index >= 15 is 0 Å². The third-order valence-electron chi connectivity index (χ3n) is 2.91. The van der Waals surface area contributed by atoms with Gasteiger partial charge >= 0.3 is 12.3 Å². The predicted octanol–water partition coefficient (Wildman–Crippen LogP) is 3.27. The molecule has 0 unspecified atom stereocenters. The van der Waals surface area contributed by atoms with Gasteiger partial charge in [0.15, 0.2) is 0 Å². The number of hydrogen-bond donors (Lipinski definition) is 1. The van der Waals surface area contributed by atoms with E-state index < -0.39 is 12.3 Å². The highest BCUT2D eigenvalue weighted by Gasteiger charge is 2.32. The quantitative estimate of drug-likeness (QED) is 0.840. The van der Waals surface area contributed by atoms with E-state index in [1.165, 1.54) is 18.2 Å². The zero-order valence-corrected chi connectivity index (χ0v) is 11.9. The zero-order chi connectivity index (χ0) is 16.0. The van der Waals surface area contributed by atoms with Gasteiger partial charge in [-0.1, -0.05) is 18.2 Å². The number of rotatable bonds is 7. The second-order valence-corrected chi connectivity index (χ2v) is 4.86. The zero-order valence-electron chi connectivity index (χ0n) is 11.9. The summed E-state index contributed by atoms with van der Waals surface area (Å²) in [5, 5.41) is 8.72. The van der Waals surface area contributed by atoms with Crippen molar-refractivity contribution < 1.29 is 27.8 Å². The first-order valence-corrected chi connectivity index (χ1v) is 6.48. The molecule has 0 aliphatic carbocycles. The van der Waals surface area contributed by atoms with Gasteiger partial charge in [0, 0.05) is 24.7 Å². The second-order valence-electron chi connectivity index (χ2n) is 4.86. The molecular formula is C14H18F3NO3. The summed E-state index contributed by atoms with van der Waals surface area (Å²) in [5.41, 5.74) is 0.369. The van der Waals surface area contributed by atoms with Gasteiger partial charge in [0.2, 0.25) is 0 Å². The van der Waals surface area contributed by atoms with Crippen LogP contribution in [0, 0.1) is 0 Å². The first-order chi connectivity index (χ1) is 9.69. The molecule has 1 N–H and O–H groups in total. The molecule has 1 rings (SSSR count). The summed E-state index contributed by atoms with van der Waals surface area (Å²) in [4.78, 5) is 12.4. The molecule has 0 radical (unpaired) electrons. The number of alkyl halides is 3. The van der Waals surface area contributed by atoms with Crippen LogP contribution >= 0.6 is 0 Å². The Balaban J connectivity index is 2.85. The molecule has 1 aromatic rings. The van der Waals surface area contributed by atoms with Crippen LogP contribution < -0.4 is 4.74 Å². The van der Waals surface area contributed by atoms with Crippen molar-refractivity contribution in [2.45, 2.75) is 39.2 Å². The standard InChI is InChI=1S/C14H18F3NO3/c1-10(2)18(8-7-13(19)20)9-11-5-3-4-6-12(11)21-14(15,16)17/h3-6,10H,7-9H2,1-2H3,(H,19,20). The molecule has 0 spiro atoms. The summed E-state index contributed by atoms with van der Waals surface area (Å²) >= 11 is 0. The number of ether oxygens (including phenoxy) is 1. The van der Waals surface area contributed by atoms with Crippen LogP contribution in [0.2, 0.25) is 0 Å². The Morgan fingerprint density at radius 3 is 2.48 bits per heavy atom. The molecule has 0 fully saturated rings. The largest absolute Gasteiger partial charge is 0.573 e. The van der Waals surface area contributed by atoms with E-state index in [9.17, 15) is 18.0 Å². The average Bonchev–Trinajstić information content (AvgIpc) is 2.33. The van der Waals surface area contributed by atoms with Gasteiger partial charge in [-0.3, -0.25) is 9.69 Å². The lowest BCUT2D eigenvalue weighted by atomic mass is 10.1. The highest BCUT2D eigenvalue weighted by molar-refractivity contribution is 5.66. The minimum atomic E-state index is -4.75.